The van der Waals surface area contributed by atoms with Crippen LogP contribution in [-0.4, -0.2) is 37.2 Å². The number of fused-ring (bicyclic) bond motifs is 1. The Morgan fingerprint density at radius 2 is 1.61 bits per heavy atom. The maximum atomic E-state index is 12.9. The molecule has 6 nitrogen and oxygen atoms in total. The molecule has 0 aliphatic carbocycles. The molecule has 6 heteroatoms. The highest BCUT2D eigenvalue weighted by Gasteiger charge is 2.31. The number of nitrogens with zero attached hydrogens (tertiary/aromatic N) is 1. The lowest BCUT2D eigenvalue weighted by Crippen LogP contribution is -2.34. The van der Waals surface area contributed by atoms with E-state index in [1.165, 1.54) is 0 Å². The number of hydrogen-bond acceptors (Lipinski definition) is 5. The fraction of sp³-hybridized carbons (Fsp3) is 0.296. The van der Waals surface area contributed by atoms with Gasteiger partial charge in [0.15, 0.2) is 18.1 Å². The Balaban J connectivity index is 1.16. The first-order valence-corrected chi connectivity index (χ1v) is 11.3. The standard InChI is InChI=1S/C27H27NO5/c29-27(19-33-23-11-9-22(10-12-23)32-18-20-5-2-1-3-6-20)28-14-4-7-24(28)21-8-13-25-26(17-21)31-16-15-30-25/h1-3,5-6,8-13,17,24H,4,7,14-16,18-19H2/t24-/m0/s1. The Kier molecular flexibility index (Phi) is 6.33. The molecule has 3 aromatic rings. The molecule has 5 rings (SSSR count). The third kappa shape index (κ3) is 5.06. The number of carbonyl (C=O) groups is 1. The van der Waals surface area contributed by atoms with E-state index in [-0.39, 0.29) is 18.6 Å². The maximum Gasteiger partial charge on any atom is 0.261 e. The highest BCUT2D eigenvalue weighted by molar-refractivity contribution is 5.78. The topological polar surface area (TPSA) is 57.2 Å². The lowest BCUT2D eigenvalue weighted by molar-refractivity contribution is -0.134. The first kappa shape index (κ1) is 21.2. The molecule has 3 aromatic carbocycles. The van der Waals surface area contributed by atoms with Gasteiger partial charge in [0.05, 0.1) is 6.04 Å². The molecule has 0 spiro atoms. The summed E-state index contributed by atoms with van der Waals surface area (Å²) < 4.78 is 22.9. The van der Waals surface area contributed by atoms with Crippen LogP contribution in [0, 0.1) is 0 Å². The monoisotopic (exact) mass is 445 g/mol. The van der Waals surface area contributed by atoms with E-state index in [9.17, 15) is 4.79 Å². The Morgan fingerprint density at radius 1 is 0.879 bits per heavy atom. The molecule has 33 heavy (non-hydrogen) atoms. The number of carbonyl (C=O) groups excluding carboxylic acids is 1. The van der Waals surface area contributed by atoms with Crippen molar-refractivity contribution >= 4 is 5.91 Å². The van der Waals surface area contributed by atoms with E-state index < -0.39 is 0 Å². The van der Waals surface area contributed by atoms with Crippen molar-refractivity contribution in [1.82, 2.24) is 4.90 Å². The zero-order valence-electron chi connectivity index (χ0n) is 18.4. The number of hydrogen-bond donors (Lipinski definition) is 0. The van der Waals surface area contributed by atoms with Crippen molar-refractivity contribution in [3.63, 3.8) is 0 Å². The summed E-state index contributed by atoms with van der Waals surface area (Å²) >= 11 is 0. The molecule has 0 N–H and O–H groups in total. The van der Waals surface area contributed by atoms with Crippen molar-refractivity contribution in [3.05, 3.63) is 83.9 Å². The van der Waals surface area contributed by atoms with Crippen LogP contribution < -0.4 is 18.9 Å². The maximum absolute atomic E-state index is 12.9. The third-order valence-electron chi connectivity index (χ3n) is 5.96. The fourth-order valence-corrected chi connectivity index (χ4v) is 4.28. The smallest absolute Gasteiger partial charge is 0.261 e. The molecule has 1 atom stereocenters. The summed E-state index contributed by atoms with van der Waals surface area (Å²) in [6, 6.07) is 23.4. The molecule has 0 unspecified atom stereocenters. The Labute approximate surface area is 193 Å². The Morgan fingerprint density at radius 3 is 2.39 bits per heavy atom. The van der Waals surface area contributed by atoms with Crippen LogP contribution in [0.3, 0.4) is 0 Å². The highest BCUT2D eigenvalue weighted by atomic mass is 16.6. The van der Waals surface area contributed by atoms with Gasteiger partial charge in [0.2, 0.25) is 0 Å². The number of amides is 1. The summed E-state index contributed by atoms with van der Waals surface area (Å²) in [6.45, 7) is 2.36. The summed E-state index contributed by atoms with van der Waals surface area (Å²) in [6.07, 6.45) is 1.90. The molecule has 170 valence electrons. The van der Waals surface area contributed by atoms with Crippen molar-refractivity contribution in [2.75, 3.05) is 26.4 Å². The Bertz CT molecular complexity index is 1080. The average molecular weight is 446 g/mol. The van der Waals surface area contributed by atoms with Gasteiger partial charge in [-0.05, 0) is 60.4 Å². The predicted octanol–water partition coefficient (Wildman–Crippen LogP) is 4.78. The molecular formula is C27H27NO5. The van der Waals surface area contributed by atoms with Crippen LogP contribution in [0.1, 0.15) is 30.0 Å². The molecule has 2 aliphatic rings. The van der Waals surface area contributed by atoms with Gasteiger partial charge in [0.25, 0.3) is 5.91 Å². The van der Waals surface area contributed by atoms with Gasteiger partial charge < -0.3 is 23.8 Å². The van der Waals surface area contributed by atoms with Crippen LogP contribution in [0.4, 0.5) is 0 Å². The molecule has 0 bridgehead atoms. The minimum absolute atomic E-state index is 0.00523. The van der Waals surface area contributed by atoms with Crippen molar-refractivity contribution in [1.29, 1.82) is 0 Å². The van der Waals surface area contributed by atoms with E-state index in [1.807, 2.05) is 77.7 Å². The van der Waals surface area contributed by atoms with Gasteiger partial charge in [-0.25, -0.2) is 0 Å². The summed E-state index contributed by atoms with van der Waals surface area (Å²) in [5.74, 6) is 2.90. The van der Waals surface area contributed by atoms with Gasteiger partial charge in [0, 0.05) is 6.54 Å². The number of rotatable bonds is 7. The lowest BCUT2D eigenvalue weighted by atomic mass is 10.0. The quantitative estimate of drug-likeness (QED) is 0.524. The van der Waals surface area contributed by atoms with Crippen LogP contribution in [0.25, 0.3) is 0 Å². The molecule has 1 saturated heterocycles. The van der Waals surface area contributed by atoms with Crippen molar-refractivity contribution in [2.45, 2.75) is 25.5 Å². The van der Waals surface area contributed by atoms with Crippen LogP contribution in [0.15, 0.2) is 72.8 Å². The summed E-state index contributed by atoms with van der Waals surface area (Å²) in [5, 5.41) is 0. The van der Waals surface area contributed by atoms with E-state index in [0.29, 0.717) is 25.6 Å². The van der Waals surface area contributed by atoms with E-state index in [0.717, 1.165) is 47.8 Å². The number of benzene rings is 3. The zero-order chi connectivity index (χ0) is 22.5. The van der Waals surface area contributed by atoms with Gasteiger partial charge in [0.1, 0.15) is 31.3 Å². The second kappa shape index (κ2) is 9.86. The minimum atomic E-state index is -0.0169. The second-order valence-corrected chi connectivity index (χ2v) is 8.18. The molecule has 1 amide bonds. The van der Waals surface area contributed by atoms with E-state index in [2.05, 4.69) is 0 Å². The van der Waals surface area contributed by atoms with Crippen molar-refractivity contribution < 1.29 is 23.7 Å². The van der Waals surface area contributed by atoms with E-state index in [1.54, 1.807) is 0 Å². The summed E-state index contributed by atoms with van der Waals surface area (Å²) in [7, 11) is 0. The number of likely N-dealkylation sites (tertiary alicyclic amines) is 1. The van der Waals surface area contributed by atoms with Crippen LogP contribution >= 0.6 is 0 Å². The number of ether oxygens (including phenoxy) is 4. The van der Waals surface area contributed by atoms with Gasteiger partial charge >= 0.3 is 0 Å². The third-order valence-corrected chi connectivity index (χ3v) is 5.96. The highest BCUT2D eigenvalue weighted by Crippen LogP contribution is 2.38. The second-order valence-electron chi connectivity index (χ2n) is 8.18. The lowest BCUT2D eigenvalue weighted by Gasteiger charge is -2.26. The Hall–Kier alpha value is -3.67. The summed E-state index contributed by atoms with van der Waals surface area (Å²) in [5.41, 5.74) is 2.19. The first-order chi connectivity index (χ1) is 16.3. The fourth-order valence-electron chi connectivity index (χ4n) is 4.28. The predicted molar refractivity (Wildman–Crippen MR) is 124 cm³/mol. The van der Waals surface area contributed by atoms with Crippen LogP contribution in [0.5, 0.6) is 23.0 Å². The summed E-state index contributed by atoms with van der Waals surface area (Å²) in [4.78, 5) is 14.8. The van der Waals surface area contributed by atoms with Gasteiger partial charge in [-0.1, -0.05) is 36.4 Å². The van der Waals surface area contributed by atoms with Crippen molar-refractivity contribution in [3.8, 4) is 23.0 Å². The SMILES string of the molecule is O=C(COc1ccc(OCc2ccccc2)cc1)N1CCC[C@H]1c1ccc2c(c1)OCCO2. The average Bonchev–Trinajstić information content (AvgIpc) is 3.37. The largest absolute Gasteiger partial charge is 0.489 e. The van der Waals surface area contributed by atoms with Gasteiger partial charge in [-0.15, -0.1) is 0 Å². The van der Waals surface area contributed by atoms with Crippen LogP contribution in [-0.2, 0) is 11.4 Å². The normalized spacial score (nSPS) is 17.0. The van der Waals surface area contributed by atoms with Gasteiger partial charge in [-0.3, -0.25) is 4.79 Å². The zero-order valence-corrected chi connectivity index (χ0v) is 18.4. The first-order valence-electron chi connectivity index (χ1n) is 11.3. The molecule has 1 fully saturated rings. The molecular weight excluding hydrogens is 418 g/mol. The minimum Gasteiger partial charge on any atom is -0.489 e. The molecule has 2 aliphatic heterocycles. The van der Waals surface area contributed by atoms with Gasteiger partial charge in [-0.2, -0.15) is 0 Å². The van der Waals surface area contributed by atoms with E-state index in [4.69, 9.17) is 18.9 Å². The molecule has 0 aromatic heterocycles. The van der Waals surface area contributed by atoms with Crippen LogP contribution in [0.2, 0.25) is 0 Å². The van der Waals surface area contributed by atoms with E-state index >= 15 is 0 Å². The molecule has 0 radical (unpaired) electrons. The molecule has 0 saturated carbocycles. The molecule has 2 heterocycles. The van der Waals surface area contributed by atoms with Crippen molar-refractivity contribution in [2.24, 2.45) is 0 Å².